The van der Waals surface area contributed by atoms with Gasteiger partial charge in [0, 0.05) is 0 Å². The Labute approximate surface area is 74.4 Å². The van der Waals surface area contributed by atoms with Gasteiger partial charge >= 0.3 is 0 Å². The van der Waals surface area contributed by atoms with Gasteiger partial charge in [0.25, 0.3) is 0 Å². The van der Waals surface area contributed by atoms with E-state index in [2.05, 4.69) is 30.0 Å². The smallest absolute Gasteiger partial charge is 0.0262 e. The summed E-state index contributed by atoms with van der Waals surface area (Å²) in [5, 5.41) is 0. The third kappa shape index (κ3) is 8.34. The summed E-state index contributed by atoms with van der Waals surface area (Å²) in [7, 11) is 2.97. The van der Waals surface area contributed by atoms with Crippen molar-refractivity contribution in [3.05, 3.63) is 0 Å². The van der Waals surface area contributed by atoms with Crippen molar-refractivity contribution in [2.24, 2.45) is 5.92 Å². The summed E-state index contributed by atoms with van der Waals surface area (Å²) >= 11 is 0. The minimum atomic E-state index is 0.860. The van der Waals surface area contributed by atoms with Crippen LogP contribution in [0, 0.1) is 5.92 Å². The molecule has 0 rings (SSSR count). The molecule has 1 heteroatoms. The normalized spacial score (nSPS) is 13.9. The zero-order valence-electron chi connectivity index (χ0n) is 8.27. The third-order valence-corrected chi connectivity index (χ3v) is 2.56. The Morgan fingerprint density at radius 3 is 2.27 bits per heavy atom. The second-order valence-electron chi connectivity index (χ2n) is 3.89. The van der Waals surface area contributed by atoms with Crippen LogP contribution in [0.4, 0.5) is 0 Å². The quantitative estimate of drug-likeness (QED) is 0.423. The van der Waals surface area contributed by atoms with Crippen molar-refractivity contribution in [2.45, 2.75) is 58.5 Å². The third-order valence-electron chi connectivity index (χ3n) is 1.95. The van der Waals surface area contributed by atoms with E-state index >= 15 is 0 Å². The first-order chi connectivity index (χ1) is 5.16. The van der Waals surface area contributed by atoms with Crippen LogP contribution in [0.15, 0.2) is 0 Å². The molecule has 0 aliphatic carbocycles. The lowest BCUT2D eigenvalue weighted by atomic mass is 10.0. The molecule has 0 saturated carbocycles. The Morgan fingerprint density at radius 2 is 1.82 bits per heavy atom. The standard InChI is InChI=1S/C10H23P/c1-4-5-6-7-10(11)8-9(2)3/h9-10H,4-8,11H2,1-3H3. The van der Waals surface area contributed by atoms with E-state index in [4.69, 9.17) is 0 Å². The highest BCUT2D eigenvalue weighted by molar-refractivity contribution is 7.17. The molecule has 11 heavy (non-hydrogen) atoms. The summed E-state index contributed by atoms with van der Waals surface area (Å²) in [6.07, 6.45) is 6.94. The van der Waals surface area contributed by atoms with Gasteiger partial charge < -0.3 is 0 Å². The van der Waals surface area contributed by atoms with Gasteiger partial charge in [0.2, 0.25) is 0 Å². The van der Waals surface area contributed by atoms with Crippen LogP contribution >= 0.6 is 9.24 Å². The van der Waals surface area contributed by atoms with E-state index < -0.39 is 0 Å². The highest BCUT2D eigenvalue weighted by Gasteiger charge is 2.03. The van der Waals surface area contributed by atoms with Crippen LogP contribution in [0.3, 0.4) is 0 Å². The highest BCUT2D eigenvalue weighted by Crippen LogP contribution is 2.18. The molecule has 0 saturated heterocycles. The number of hydrogen-bond acceptors (Lipinski definition) is 0. The predicted octanol–water partition coefficient (Wildman–Crippen LogP) is 3.86. The Balaban J connectivity index is 3.15. The molecule has 0 aromatic heterocycles. The van der Waals surface area contributed by atoms with E-state index in [9.17, 15) is 0 Å². The molecule has 2 atom stereocenters. The minimum absolute atomic E-state index is 0.860. The van der Waals surface area contributed by atoms with Crippen LogP contribution in [0.25, 0.3) is 0 Å². The molecule has 0 radical (unpaired) electrons. The lowest BCUT2D eigenvalue weighted by Crippen LogP contribution is -2.02. The topological polar surface area (TPSA) is 0 Å². The summed E-state index contributed by atoms with van der Waals surface area (Å²) in [5.41, 5.74) is 0.863. The molecule has 2 unspecified atom stereocenters. The number of rotatable bonds is 6. The zero-order chi connectivity index (χ0) is 8.69. The van der Waals surface area contributed by atoms with E-state index in [-0.39, 0.29) is 0 Å². The molecule has 0 bridgehead atoms. The molecule has 0 heterocycles. The van der Waals surface area contributed by atoms with Gasteiger partial charge in [0.1, 0.15) is 0 Å². The Bertz CT molecular complexity index is 78.9. The average molecular weight is 174 g/mol. The van der Waals surface area contributed by atoms with Crippen LogP contribution in [-0.4, -0.2) is 5.66 Å². The number of hydrogen-bond donors (Lipinski definition) is 0. The lowest BCUT2D eigenvalue weighted by Gasteiger charge is -2.12. The monoisotopic (exact) mass is 174 g/mol. The van der Waals surface area contributed by atoms with E-state index in [0.29, 0.717) is 0 Å². The van der Waals surface area contributed by atoms with Crippen LogP contribution in [0.1, 0.15) is 52.9 Å². The summed E-state index contributed by atoms with van der Waals surface area (Å²) < 4.78 is 0. The second kappa shape index (κ2) is 7.10. The predicted molar refractivity (Wildman–Crippen MR) is 57.1 cm³/mol. The van der Waals surface area contributed by atoms with Crippen molar-refractivity contribution in [3.63, 3.8) is 0 Å². The van der Waals surface area contributed by atoms with E-state index in [0.717, 1.165) is 11.6 Å². The maximum atomic E-state index is 2.97. The van der Waals surface area contributed by atoms with Crippen LogP contribution in [0.2, 0.25) is 0 Å². The van der Waals surface area contributed by atoms with Crippen molar-refractivity contribution in [1.82, 2.24) is 0 Å². The van der Waals surface area contributed by atoms with Gasteiger partial charge in [-0.15, -0.1) is 9.24 Å². The first-order valence-electron chi connectivity index (χ1n) is 4.92. The fraction of sp³-hybridized carbons (Fsp3) is 1.00. The SMILES string of the molecule is CCCCCC(P)CC(C)C. The highest BCUT2D eigenvalue weighted by atomic mass is 31.0. The van der Waals surface area contributed by atoms with Crippen molar-refractivity contribution in [1.29, 1.82) is 0 Å². The van der Waals surface area contributed by atoms with E-state index in [1.54, 1.807) is 0 Å². The molecule has 0 amide bonds. The Kier molecular flexibility index (Phi) is 7.38. The summed E-state index contributed by atoms with van der Waals surface area (Å²) in [5.74, 6) is 0.860. The van der Waals surface area contributed by atoms with Crippen molar-refractivity contribution < 1.29 is 0 Å². The second-order valence-corrected chi connectivity index (χ2v) is 4.83. The van der Waals surface area contributed by atoms with E-state index in [1.807, 2.05) is 0 Å². The Morgan fingerprint density at radius 1 is 1.18 bits per heavy atom. The van der Waals surface area contributed by atoms with Gasteiger partial charge in [-0.05, 0) is 24.4 Å². The zero-order valence-corrected chi connectivity index (χ0v) is 9.42. The molecular weight excluding hydrogens is 151 g/mol. The molecule has 0 N–H and O–H groups in total. The molecule has 68 valence electrons. The first kappa shape index (κ1) is 11.4. The molecule has 0 spiro atoms. The molecule has 0 aliphatic heterocycles. The van der Waals surface area contributed by atoms with Gasteiger partial charge in [-0.2, -0.15) is 0 Å². The van der Waals surface area contributed by atoms with Crippen LogP contribution in [0.5, 0.6) is 0 Å². The average Bonchev–Trinajstić information content (AvgIpc) is 1.86. The lowest BCUT2D eigenvalue weighted by molar-refractivity contribution is 0.529. The van der Waals surface area contributed by atoms with Gasteiger partial charge in [0.15, 0.2) is 0 Å². The van der Waals surface area contributed by atoms with Crippen molar-refractivity contribution in [2.75, 3.05) is 0 Å². The van der Waals surface area contributed by atoms with Gasteiger partial charge in [-0.25, -0.2) is 0 Å². The maximum absolute atomic E-state index is 2.97. The molecule has 0 aromatic carbocycles. The fourth-order valence-corrected chi connectivity index (χ4v) is 2.16. The van der Waals surface area contributed by atoms with Crippen molar-refractivity contribution in [3.8, 4) is 0 Å². The van der Waals surface area contributed by atoms with Crippen LogP contribution < -0.4 is 0 Å². The molecule has 0 fully saturated rings. The molecule has 0 nitrogen and oxygen atoms in total. The fourth-order valence-electron chi connectivity index (χ4n) is 1.38. The molecular formula is C10H23P. The van der Waals surface area contributed by atoms with Crippen molar-refractivity contribution >= 4 is 9.24 Å². The molecule has 0 aromatic rings. The van der Waals surface area contributed by atoms with E-state index in [1.165, 1.54) is 32.1 Å². The largest absolute Gasteiger partial charge is 0.134 e. The minimum Gasteiger partial charge on any atom is -0.134 e. The summed E-state index contributed by atoms with van der Waals surface area (Å²) in [4.78, 5) is 0. The summed E-state index contributed by atoms with van der Waals surface area (Å²) in [6, 6.07) is 0. The Hall–Kier alpha value is 0.430. The molecule has 0 aliphatic rings. The summed E-state index contributed by atoms with van der Waals surface area (Å²) in [6.45, 7) is 6.87. The number of unbranched alkanes of at least 4 members (excludes halogenated alkanes) is 2. The van der Waals surface area contributed by atoms with Gasteiger partial charge in [-0.1, -0.05) is 40.0 Å². The van der Waals surface area contributed by atoms with Gasteiger partial charge in [0.05, 0.1) is 0 Å². The maximum Gasteiger partial charge on any atom is -0.0262 e. The van der Waals surface area contributed by atoms with Crippen LogP contribution in [-0.2, 0) is 0 Å². The van der Waals surface area contributed by atoms with Gasteiger partial charge in [-0.3, -0.25) is 0 Å². The first-order valence-corrected chi connectivity index (χ1v) is 5.59.